The van der Waals surface area contributed by atoms with Gasteiger partial charge in [0.05, 0.1) is 0 Å². The van der Waals surface area contributed by atoms with E-state index >= 15 is 0 Å². The SMILES string of the molecule is C=C1C=C(c2ccc(C)o2)OC=CO1. The van der Waals surface area contributed by atoms with Crippen LogP contribution in [0.1, 0.15) is 11.5 Å². The maximum atomic E-state index is 5.40. The summed E-state index contributed by atoms with van der Waals surface area (Å²) in [6, 6.07) is 3.71. The van der Waals surface area contributed by atoms with Gasteiger partial charge in [0.2, 0.25) is 0 Å². The Bertz CT molecular complexity index is 410. The van der Waals surface area contributed by atoms with Crippen LogP contribution in [0.25, 0.3) is 5.76 Å². The minimum atomic E-state index is 0.516. The summed E-state index contributed by atoms with van der Waals surface area (Å²) >= 11 is 0. The Morgan fingerprint density at radius 1 is 1.14 bits per heavy atom. The first-order valence-corrected chi connectivity index (χ1v) is 4.21. The molecule has 1 aromatic rings. The zero-order valence-electron chi connectivity index (χ0n) is 7.82. The van der Waals surface area contributed by atoms with Crippen LogP contribution in [0.4, 0.5) is 0 Å². The van der Waals surface area contributed by atoms with Crippen molar-refractivity contribution in [3.8, 4) is 0 Å². The Balaban J connectivity index is 2.33. The quantitative estimate of drug-likeness (QED) is 0.682. The fourth-order valence-electron chi connectivity index (χ4n) is 1.13. The Morgan fingerprint density at radius 2 is 1.93 bits per heavy atom. The Labute approximate surface area is 81.9 Å². The van der Waals surface area contributed by atoms with Gasteiger partial charge in [-0.2, -0.15) is 0 Å². The largest absolute Gasteiger partial charge is 0.462 e. The maximum absolute atomic E-state index is 5.40. The van der Waals surface area contributed by atoms with Crippen LogP contribution in [0.5, 0.6) is 0 Å². The third kappa shape index (κ3) is 1.71. The Hall–Kier alpha value is -1.90. The van der Waals surface area contributed by atoms with Crippen LogP contribution in [0.2, 0.25) is 0 Å². The molecule has 3 heteroatoms. The lowest BCUT2D eigenvalue weighted by atomic mass is 10.3. The monoisotopic (exact) mass is 190 g/mol. The molecule has 0 radical (unpaired) electrons. The molecule has 1 aliphatic heterocycles. The summed E-state index contributed by atoms with van der Waals surface area (Å²) in [6.07, 6.45) is 4.56. The molecule has 14 heavy (non-hydrogen) atoms. The third-order valence-electron chi connectivity index (χ3n) is 1.75. The molecule has 0 aliphatic carbocycles. The molecule has 1 aromatic heterocycles. The summed E-state index contributed by atoms with van der Waals surface area (Å²) in [5.74, 6) is 2.61. The van der Waals surface area contributed by atoms with Crippen molar-refractivity contribution in [2.24, 2.45) is 0 Å². The van der Waals surface area contributed by atoms with Gasteiger partial charge in [0, 0.05) is 6.08 Å². The highest BCUT2D eigenvalue weighted by Crippen LogP contribution is 2.22. The van der Waals surface area contributed by atoms with E-state index in [0.29, 0.717) is 17.3 Å². The van der Waals surface area contributed by atoms with Gasteiger partial charge < -0.3 is 13.9 Å². The molecule has 1 aliphatic rings. The summed E-state index contributed by atoms with van der Waals surface area (Å²) in [6.45, 7) is 5.56. The molecule has 0 spiro atoms. The normalized spacial score (nSPS) is 15.5. The second kappa shape index (κ2) is 3.46. The van der Waals surface area contributed by atoms with Gasteiger partial charge >= 0.3 is 0 Å². The molecule has 72 valence electrons. The molecule has 0 unspecified atom stereocenters. The average Bonchev–Trinajstić information content (AvgIpc) is 2.45. The summed E-state index contributed by atoms with van der Waals surface area (Å²) in [7, 11) is 0. The van der Waals surface area contributed by atoms with E-state index in [0.717, 1.165) is 5.76 Å². The van der Waals surface area contributed by atoms with Gasteiger partial charge in [0.25, 0.3) is 0 Å². The molecule has 0 saturated carbocycles. The number of furan rings is 1. The van der Waals surface area contributed by atoms with Crippen LogP contribution in [0, 0.1) is 6.92 Å². The van der Waals surface area contributed by atoms with Crippen LogP contribution in [-0.2, 0) is 9.47 Å². The van der Waals surface area contributed by atoms with E-state index in [-0.39, 0.29) is 0 Å². The summed E-state index contributed by atoms with van der Waals surface area (Å²) in [4.78, 5) is 0. The highest BCUT2D eigenvalue weighted by atomic mass is 16.5. The molecule has 0 amide bonds. The summed E-state index contributed by atoms with van der Waals surface area (Å²) in [5, 5.41) is 0. The smallest absolute Gasteiger partial charge is 0.172 e. The predicted molar refractivity (Wildman–Crippen MR) is 51.9 cm³/mol. The Morgan fingerprint density at radius 3 is 2.64 bits per heavy atom. The van der Waals surface area contributed by atoms with E-state index in [1.54, 1.807) is 6.08 Å². The number of ether oxygens (including phenoxy) is 2. The molecule has 0 aromatic carbocycles. The van der Waals surface area contributed by atoms with Gasteiger partial charge in [-0.05, 0) is 19.1 Å². The molecule has 2 rings (SSSR count). The van der Waals surface area contributed by atoms with Crippen molar-refractivity contribution in [2.45, 2.75) is 6.92 Å². The van der Waals surface area contributed by atoms with Gasteiger partial charge in [-0.3, -0.25) is 0 Å². The van der Waals surface area contributed by atoms with E-state index in [1.807, 2.05) is 19.1 Å². The van der Waals surface area contributed by atoms with Crippen molar-refractivity contribution in [1.82, 2.24) is 0 Å². The van der Waals surface area contributed by atoms with Crippen LogP contribution in [0.15, 0.2) is 47.5 Å². The van der Waals surface area contributed by atoms with Crippen molar-refractivity contribution in [1.29, 1.82) is 0 Å². The fourth-order valence-corrected chi connectivity index (χ4v) is 1.13. The summed E-state index contributed by atoms with van der Waals surface area (Å²) < 4.78 is 15.7. The first-order chi connectivity index (χ1) is 6.75. The number of allylic oxidation sites excluding steroid dienone is 1. The predicted octanol–water partition coefficient (Wildman–Crippen LogP) is 2.96. The van der Waals surface area contributed by atoms with Gasteiger partial charge in [-0.1, -0.05) is 6.58 Å². The van der Waals surface area contributed by atoms with Crippen molar-refractivity contribution < 1.29 is 13.9 Å². The second-order valence-corrected chi connectivity index (χ2v) is 2.89. The summed E-state index contributed by atoms with van der Waals surface area (Å²) in [5.41, 5.74) is 0. The van der Waals surface area contributed by atoms with E-state index in [1.165, 1.54) is 12.5 Å². The van der Waals surface area contributed by atoms with Crippen LogP contribution in [0.3, 0.4) is 0 Å². The lowest BCUT2D eigenvalue weighted by Crippen LogP contribution is -1.83. The number of hydrogen-bond acceptors (Lipinski definition) is 3. The average molecular weight is 190 g/mol. The van der Waals surface area contributed by atoms with Gasteiger partial charge in [0.15, 0.2) is 11.5 Å². The number of aryl methyl sites for hydroxylation is 1. The van der Waals surface area contributed by atoms with Crippen molar-refractivity contribution in [3.63, 3.8) is 0 Å². The molecular weight excluding hydrogens is 180 g/mol. The van der Waals surface area contributed by atoms with Crippen LogP contribution < -0.4 is 0 Å². The molecule has 3 nitrogen and oxygen atoms in total. The van der Waals surface area contributed by atoms with Crippen LogP contribution >= 0.6 is 0 Å². The van der Waals surface area contributed by atoms with E-state index < -0.39 is 0 Å². The minimum Gasteiger partial charge on any atom is -0.462 e. The highest BCUT2D eigenvalue weighted by molar-refractivity contribution is 5.58. The third-order valence-corrected chi connectivity index (χ3v) is 1.75. The first kappa shape index (κ1) is 8.69. The fraction of sp³-hybridized carbons (Fsp3) is 0.0909. The maximum Gasteiger partial charge on any atom is 0.172 e. The van der Waals surface area contributed by atoms with Crippen LogP contribution in [-0.4, -0.2) is 0 Å². The number of rotatable bonds is 1. The first-order valence-electron chi connectivity index (χ1n) is 4.21. The van der Waals surface area contributed by atoms with Gasteiger partial charge in [-0.25, -0.2) is 0 Å². The van der Waals surface area contributed by atoms with E-state index in [2.05, 4.69) is 6.58 Å². The second-order valence-electron chi connectivity index (χ2n) is 2.89. The molecular formula is C11H10O3. The topological polar surface area (TPSA) is 31.6 Å². The molecule has 0 saturated heterocycles. The molecule has 0 atom stereocenters. The molecule has 2 heterocycles. The van der Waals surface area contributed by atoms with Crippen molar-refractivity contribution in [3.05, 3.63) is 54.6 Å². The van der Waals surface area contributed by atoms with E-state index in [4.69, 9.17) is 13.9 Å². The zero-order valence-corrected chi connectivity index (χ0v) is 7.82. The van der Waals surface area contributed by atoms with Gasteiger partial charge in [-0.15, -0.1) is 0 Å². The number of hydrogen-bond donors (Lipinski definition) is 0. The standard InChI is InChI=1S/C11H10O3/c1-8-3-4-10(14-8)11-7-9(2)12-5-6-13-11/h3-7H,2H2,1H3. The van der Waals surface area contributed by atoms with Crippen molar-refractivity contribution >= 4 is 5.76 Å². The van der Waals surface area contributed by atoms with E-state index in [9.17, 15) is 0 Å². The molecule has 0 N–H and O–H groups in total. The van der Waals surface area contributed by atoms with Crippen molar-refractivity contribution in [2.75, 3.05) is 0 Å². The lowest BCUT2D eigenvalue weighted by molar-refractivity contribution is 0.351. The Kier molecular flexibility index (Phi) is 2.14. The highest BCUT2D eigenvalue weighted by Gasteiger charge is 2.09. The lowest BCUT2D eigenvalue weighted by Gasteiger charge is -1.99. The minimum absolute atomic E-state index is 0.516. The molecule has 0 bridgehead atoms. The zero-order chi connectivity index (χ0) is 9.97. The molecule has 0 fully saturated rings. The van der Waals surface area contributed by atoms with Gasteiger partial charge in [0.1, 0.15) is 24.0 Å².